The van der Waals surface area contributed by atoms with Crippen molar-refractivity contribution in [3.63, 3.8) is 0 Å². The molecule has 1 fully saturated rings. The first kappa shape index (κ1) is 19.5. The Hall–Kier alpha value is -3.26. The van der Waals surface area contributed by atoms with Crippen LogP contribution in [0.3, 0.4) is 0 Å². The van der Waals surface area contributed by atoms with Crippen molar-refractivity contribution in [2.75, 3.05) is 13.7 Å². The molecule has 144 valence electrons. The van der Waals surface area contributed by atoms with Crippen LogP contribution in [0.4, 0.5) is 4.79 Å². The number of ether oxygens (including phenoxy) is 2. The number of rotatable bonds is 7. The highest BCUT2D eigenvalue weighted by Crippen LogP contribution is 2.33. The summed E-state index contributed by atoms with van der Waals surface area (Å²) in [4.78, 5) is 37.6. The van der Waals surface area contributed by atoms with Crippen LogP contribution in [0.25, 0.3) is 6.08 Å². The molecule has 7 nitrogen and oxygen atoms in total. The molecule has 1 aromatic heterocycles. The number of benzene rings is 1. The van der Waals surface area contributed by atoms with Crippen LogP contribution < -0.4 is 4.74 Å². The van der Waals surface area contributed by atoms with E-state index in [9.17, 15) is 14.4 Å². The topological polar surface area (TPSA) is 86.1 Å². The molecule has 28 heavy (non-hydrogen) atoms. The van der Waals surface area contributed by atoms with Gasteiger partial charge in [-0.15, -0.1) is 0 Å². The van der Waals surface area contributed by atoms with Gasteiger partial charge in [-0.25, -0.2) is 4.79 Å². The number of carbonyl (C=O) groups is 3. The summed E-state index contributed by atoms with van der Waals surface area (Å²) in [7, 11) is 1.24. The molecule has 1 aliphatic rings. The number of furan rings is 1. The van der Waals surface area contributed by atoms with Crippen LogP contribution in [0.15, 0.2) is 58.4 Å². The van der Waals surface area contributed by atoms with Gasteiger partial charge in [0.05, 0.1) is 18.6 Å². The van der Waals surface area contributed by atoms with E-state index in [1.165, 1.54) is 19.2 Å². The lowest BCUT2D eigenvalue weighted by Gasteiger charge is -2.09. The molecule has 2 aromatic rings. The Morgan fingerprint density at radius 2 is 1.96 bits per heavy atom. The summed E-state index contributed by atoms with van der Waals surface area (Å²) in [6.07, 6.45) is 3.29. The molecule has 3 rings (SSSR count). The molecule has 0 saturated carbocycles. The summed E-state index contributed by atoms with van der Waals surface area (Å²) in [5, 5.41) is -0.404. The molecule has 8 heteroatoms. The maximum Gasteiger partial charge on any atom is 0.373 e. The lowest BCUT2D eigenvalue weighted by atomic mass is 10.2. The van der Waals surface area contributed by atoms with Crippen molar-refractivity contribution in [1.29, 1.82) is 0 Å². The van der Waals surface area contributed by atoms with Gasteiger partial charge in [-0.2, -0.15) is 0 Å². The Morgan fingerprint density at radius 1 is 1.21 bits per heavy atom. The van der Waals surface area contributed by atoms with Gasteiger partial charge in [0.2, 0.25) is 5.76 Å². The van der Waals surface area contributed by atoms with Crippen LogP contribution in [0.5, 0.6) is 5.75 Å². The minimum absolute atomic E-state index is 0.0128. The molecule has 0 aliphatic carbocycles. The normalized spacial score (nSPS) is 15.2. The molecule has 0 bridgehead atoms. The van der Waals surface area contributed by atoms with Crippen molar-refractivity contribution < 1.29 is 28.3 Å². The van der Waals surface area contributed by atoms with Gasteiger partial charge in [0, 0.05) is 0 Å². The fraction of sp³-hybridized carbons (Fsp3) is 0.150. The van der Waals surface area contributed by atoms with Crippen molar-refractivity contribution in [1.82, 2.24) is 4.90 Å². The molecule has 1 saturated heterocycles. The summed E-state index contributed by atoms with van der Waals surface area (Å²) in [5.74, 6) is -0.0327. The number of esters is 1. The molecular formula is C20H17NO6S. The van der Waals surface area contributed by atoms with Gasteiger partial charge in [-0.3, -0.25) is 14.5 Å². The van der Waals surface area contributed by atoms with Gasteiger partial charge < -0.3 is 13.9 Å². The number of thioether (sulfide) groups is 1. The van der Waals surface area contributed by atoms with E-state index in [1.54, 1.807) is 36.4 Å². The molecule has 0 N–H and O–H groups in total. The number of methoxy groups -OCH3 is 1. The standard InChI is InChI=1S/C20H17NO6S/c1-3-10-26-14-6-4-13(5-7-14)11-17-18(22)21(20(24)28-17)12-15-8-9-16(27-15)19(23)25-2/h3-9,11H,1,10,12H2,2H3/b17-11+. The molecule has 0 atom stereocenters. The van der Waals surface area contributed by atoms with E-state index in [2.05, 4.69) is 11.3 Å². The second-order valence-electron chi connectivity index (χ2n) is 5.69. The van der Waals surface area contributed by atoms with E-state index in [-0.39, 0.29) is 12.3 Å². The number of amides is 2. The molecule has 1 aromatic carbocycles. The fourth-order valence-electron chi connectivity index (χ4n) is 2.43. The van der Waals surface area contributed by atoms with Crippen LogP contribution in [0.2, 0.25) is 0 Å². The number of nitrogens with zero attached hydrogens (tertiary/aromatic N) is 1. The molecule has 1 aliphatic heterocycles. The number of hydrogen-bond acceptors (Lipinski definition) is 7. The van der Waals surface area contributed by atoms with Crippen LogP contribution >= 0.6 is 11.8 Å². The second kappa shape index (κ2) is 8.62. The highest BCUT2D eigenvalue weighted by atomic mass is 32.2. The summed E-state index contributed by atoms with van der Waals surface area (Å²) in [6.45, 7) is 3.93. The van der Waals surface area contributed by atoms with Gasteiger partial charge in [0.15, 0.2) is 0 Å². The highest BCUT2D eigenvalue weighted by molar-refractivity contribution is 8.18. The van der Waals surface area contributed by atoms with Crippen molar-refractivity contribution in [3.05, 3.63) is 71.0 Å². The second-order valence-corrected chi connectivity index (χ2v) is 6.69. The van der Waals surface area contributed by atoms with E-state index >= 15 is 0 Å². The van der Waals surface area contributed by atoms with Gasteiger partial charge in [-0.1, -0.05) is 24.8 Å². The fourth-order valence-corrected chi connectivity index (χ4v) is 3.27. The highest BCUT2D eigenvalue weighted by Gasteiger charge is 2.35. The largest absolute Gasteiger partial charge is 0.490 e. The summed E-state index contributed by atoms with van der Waals surface area (Å²) in [6, 6.07) is 10.1. The van der Waals surface area contributed by atoms with Crippen LogP contribution in [-0.4, -0.2) is 35.7 Å². The maximum absolute atomic E-state index is 12.6. The van der Waals surface area contributed by atoms with E-state index < -0.39 is 17.1 Å². The van der Waals surface area contributed by atoms with Gasteiger partial charge in [0.25, 0.3) is 11.1 Å². The zero-order valence-corrected chi connectivity index (χ0v) is 15.9. The van der Waals surface area contributed by atoms with Crippen LogP contribution in [0, 0.1) is 0 Å². The van der Waals surface area contributed by atoms with Gasteiger partial charge >= 0.3 is 5.97 Å². The predicted molar refractivity (Wildman–Crippen MR) is 104 cm³/mol. The molecule has 0 radical (unpaired) electrons. The van der Waals surface area contributed by atoms with Crippen molar-refractivity contribution in [3.8, 4) is 5.75 Å². The smallest absolute Gasteiger partial charge is 0.373 e. The summed E-state index contributed by atoms with van der Waals surface area (Å²) in [5.41, 5.74) is 0.766. The van der Waals surface area contributed by atoms with Crippen LogP contribution in [0.1, 0.15) is 21.9 Å². The Labute approximate surface area is 165 Å². The zero-order chi connectivity index (χ0) is 20.1. The predicted octanol–water partition coefficient (Wildman–Crippen LogP) is 3.87. The Balaban J connectivity index is 1.70. The third kappa shape index (κ3) is 4.34. The SMILES string of the molecule is C=CCOc1ccc(/C=C2/SC(=O)N(Cc3ccc(C(=O)OC)o3)C2=O)cc1. The minimum atomic E-state index is -0.624. The molecule has 0 spiro atoms. The lowest BCUT2D eigenvalue weighted by molar-refractivity contribution is -0.123. The van der Waals surface area contributed by atoms with E-state index in [0.717, 1.165) is 22.2 Å². The number of hydrogen-bond donors (Lipinski definition) is 0. The van der Waals surface area contributed by atoms with E-state index in [1.807, 2.05) is 0 Å². The van der Waals surface area contributed by atoms with Crippen LogP contribution in [-0.2, 0) is 16.1 Å². The number of carbonyl (C=O) groups excluding carboxylic acids is 3. The van der Waals surface area contributed by atoms with Crippen molar-refractivity contribution >= 4 is 35.0 Å². The van der Waals surface area contributed by atoms with Gasteiger partial charge in [0.1, 0.15) is 18.1 Å². The monoisotopic (exact) mass is 399 g/mol. The maximum atomic E-state index is 12.6. The number of imide groups is 1. The molecule has 0 unspecified atom stereocenters. The third-order valence-corrected chi connectivity index (χ3v) is 4.69. The Kier molecular flexibility index (Phi) is 6.00. The van der Waals surface area contributed by atoms with E-state index in [4.69, 9.17) is 9.15 Å². The summed E-state index contributed by atoms with van der Waals surface area (Å²) >= 11 is 0.852. The summed E-state index contributed by atoms with van der Waals surface area (Å²) < 4.78 is 15.3. The molecule has 2 amide bonds. The third-order valence-electron chi connectivity index (χ3n) is 3.78. The van der Waals surface area contributed by atoms with Crippen molar-refractivity contribution in [2.45, 2.75) is 6.54 Å². The first-order valence-electron chi connectivity index (χ1n) is 8.28. The Bertz CT molecular complexity index is 944. The Morgan fingerprint density at radius 3 is 2.64 bits per heavy atom. The van der Waals surface area contributed by atoms with E-state index in [0.29, 0.717) is 23.0 Å². The van der Waals surface area contributed by atoms with Crippen molar-refractivity contribution in [2.24, 2.45) is 0 Å². The minimum Gasteiger partial charge on any atom is -0.490 e. The van der Waals surface area contributed by atoms with Gasteiger partial charge in [-0.05, 0) is 47.7 Å². The molecule has 2 heterocycles. The molecular weight excluding hydrogens is 382 g/mol. The zero-order valence-electron chi connectivity index (χ0n) is 15.0. The average Bonchev–Trinajstić information content (AvgIpc) is 3.27. The quantitative estimate of drug-likeness (QED) is 0.397. The first-order valence-corrected chi connectivity index (χ1v) is 9.09. The average molecular weight is 399 g/mol. The first-order chi connectivity index (χ1) is 13.5. The lowest BCUT2D eigenvalue weighted by Crippen LogP contribution is -2.27.